The van der Waals surface area contributed by atoms with Crippen LogP contribution in [-0.2, 0) is 6.54 Å². The summed E-state index contributed by atoms with van der Waals surface area (Å²) in [6.07, 6.45) is 0. The van der Waals surface area contributed by atoms with Gasteiger partial charge in [0.2, 0.25) is 0 Å². The third-order valence-corrected chi connectivity index (χ3v) is 4.72. The number of benzene rings is 3. The average Bonchev–Trinajstić information content (AvgIpc) is 2.80. The van der Waals surface area contributed by atoms with Crippen LogP contribution in [0.3, 0.4) is 0 Å². The van der Waals surface area contributed by atoms with Gasteiger partial charge in [0.15, 0.2) is 5.69 Å². The number of fused-ring (bicyclic) bond motifs is 1. The Morgan fingerprint density at radius 3 is 2.22 bits per heavy atom. The van der Waals surface area contributed by atoms with E-state index in [1.165, 1.54) is 0 Å². The number of amides is 2. The van der Waals surface area contributed by atoms with Gasteiger partial charge >= 0.3 is 0 Å². The van der Waals surface area contributed by atoms with Crippen molar-refractivity contribution in [1.29, 1.82) is 0 Å². The van der Waals surface area contributed by atoms with Crippen molar-refractivity contribution in [2.75, 3.05) is 0 Å². The number of carbonyl (C=O) groups excluding carboxylic acids is 2. The molecule has 3 aromatic carbocycles. The molecule has 4 rings (SSSR count). The summed E-state index contributed by atoms with van der Waals surface area (Å²) in [6.45, 7) is 0.137. The molecule has 9 heteroatoms. The van der Waals surface area contributed by atoms with Crippen molar-refractivity contribution < 1.29 is 18.4 Å². The second-order valence-corrected chi connectivity index (χ2v) is 6.88. The average molecular weight is 434 g/mol. The van der Waals surface area contributed by atoms with E-state index in [2.05, 4.69) is 16.0 Å². The van der Waals surface area contributed by atoms with Crippen LogP contribution in [0.5, 0.6) is 0 Å². The van der Waals surface area contributed by atoms with E-state index in [4.69, 9.17) is 0 Å². The molecule has 0 atom stereocenters. The van der Waals surface area contributed by atoms with Crippen LogP contribution in [-0.4, -0.2) is 21.6 Å². The fourth-order valence-electron chi connectivity index (χ4n) is 3.18. The first-order valence-corrected chi connectivity index (χ1v) is 9.53. The molecule has 2 N–H and O–H groups in total. The van der Waals surface area contributed by atoms with Crippen LogP contribution < -0.4 is 16.4 Å². The Bertz CT molecular complexity index is 1390. The Hall–Kier alpha value is -4.40. The lowest BCUT2D eigenvalue weighted by molar-refractivity contribution is 0.0841. The predicted octanol–water partition coefficient (Wildman–Crippen LogP) is 2.80. The molecule has 1 heterocycles. The van der Waals surface area contributed by atoms with Gasteiger partial charge in [-0.3, -0.25) is 25.2 Å². The molecule has 0 spiro atoms. The lowest BCUT2D eigenvalue weighted by Crippen LogP contribution is -2.43. The Kier molecular flexibility index (Phi) is 5.71. The maximum absolute atomic E-state index is 13.8. The summed E-state index contributed by atoms with van der Waals surface area (Å²) in [6, 6.07) is 18.0. The number of halogens is 2. The highest BCUT2D eigenvalue weighted by Crippen LogP contribution is 2.14. The summed E-state index contributed by atoms with van der Waals surface area (Å²) < 4.78 is 28.0. The highest BCUT2D eigenvalue weighted by molar-refractivity contribution is 6.06. The van der Waals surface area contributed by atoms with Crippen LogP contribution in [0.1, 0.15) is 26.4 Å². The minimum Gasteiger partial charge on any atom is -0.267 e. The van der Waals surface area contributed by atoms with E-state index in [9.17, 15) is 23.2 Å². The second kappa shape index (κ2) is 8.76. The van der Waals surface area contributed by atoms with Crippen molar-refractivity contribution in [2.24, 2.45) is 0 Å². The van der Waals surface area contributed by atoms with Crippen molar-refractivity contribution in [3.05, 3.63) is 112 Å². The maximum atomic E-state index is 13.8. The van der Waals surface area contributed by atoms with Crippen molar-refractivity contribution >= 4 is 22.6 Å². The van der Waals surface area contributed by atoms with E-state index in [0.717, 1.165) is 22.4 Å². The third-order valence-electron chi connectivity index (χ3n) is 4.72. The monoisotopic (exact) mass is 434 g/mol. The lowest BCUT2D eigenvalue weighted by atomic mass is 10.1. The minimum atomic E-state index is -1.07. The number of carbonyl (C=O) groups is 2. The standard InChI is InChI=1S/C23H16F2N4O3/c24-15-10-11-18(19(25)12-15)21(30)26-27-22(31)20-16-8-4-5-9-17(16)23(32)29(28-20)13-14-6-2-1-3-7-14/h1-12H,13H2,(H,26,30)(H,27,31). The zero-order valence-corrected chi connectivity index (χ0v) is 16.5. The van der Waals surface area contributed by atoms with Crippen LogP contribution in [0.25, 0.3) is 10.8 Å². The van der Waals surface area contributed by atoms with Crippen molar-refractivity contribution in [1.82, 2.24) is 20.6 Å². The van der Waals surface area contributed by atoms with E-state index in [1.807, 2.05) is 30.3 Å². The SMILES string of the molecule is O=C(NNC(=O)c1nn(Cc2ccccc2)c(=O)c2ccccc12)c1ccc(F)cc1F. The molecule has 32 heavy (non-hydrogen) atoms. The Balaban J connectivity index is 1.64. The van der Waals surface area contributed by atoms with E-state index >= 15 is 0 Å². The van der Waals surface area contributed by atoms with Crippen molar-refractivity contribution in [3.8, 4) is 0 Å². The first-order chi connectivity index (χ1) is 15.4. The van der Waals surface area contributed by atoms with Gasteiger partial charge in [0.05, 0.1) is 17.5 Å². The molecule has 0 bridgehead atoms. The second-order valence-electron chi connectivity index (χ2n) is 6.88. The zero-order valence-electron chi connectivity index (χ0n) is 16.5. The first-order valence-electron chi connectivity index (χ1n) is 9.53. The molecule has 0 unspecified atom stereocenters. The lowest BCUT2D eigenvalue weighted by Gasteiger charge is -2.12. The molecule has 0 fully saturated rings. The smallest absolute Gasteiger partial charge is 0.267 e. The van der Waals surface area contributed by atoms with E-state index < -0.39 is 29.0 Å². The quantitative estimate of drug-likeness (QED) is 0.483. The summed E-state index contributed by atoms with van der Waals surface area (Å²) in [5.41, 5.74) is 4.13. The van der Waals surface area contributed by atoms with E-state index in [1.54, 1.807) is 24.3 Å². The number of nitrogens with zero attached hydrogens (tertiary/aromatic N) is 2. The molecule has 160 valence electrons. The molecule has 4 aromatic rings. The molecule has 0 saturated heterocycles. The molecular weight excluding hydrogens is 418 g/mol. The largest absolute Gasteiger partial charge is 0.290 e. The van der Waals surface area contributed by atoms with Crippen molar-refractivity contribution in [3.63, 3.8) is 0 Å². The van der Waals surface area contributed by atoms with Gasteiger partial charge in [-0.2, -0.15) is 5.10 Å². The maximum Gasteiger partial charge on any atom is 0.290 e. The van der Waals surface area contributed by atoms with Crippen LogP contribution >= 0.6 is 0 Å². The number of rotatable bonds is 4. The van der Waals surface area contributed by atoms with Crippen LogP contribution in [0.4, 0.5) is 8.78 Å². The summed E-state index contributed by atoms with van der Waals surface area (Å²) in [5, 5.41) is 4.76. The van der Waals surface area contributed by atoms with Gasteiger partial charge in [-0.1, -0.05) is 48.5 Å². The number of hydrazine groups is 1. The summed E-state index contributed by atoms with van der Waals surface area (Å²) >= 11 is 0. The molecule has 1 aromatic heterocycles. The van der Waals surface area contributed by atoms with Crippen LogP contribution in [0.2, 0.25) is 0 Å². The normalized spacial score (nSPS) is 10.7. The van der Waals surface area contributed by atoms with Crippen molar-refractivity contribution in [2.45, 2.75) is 6.54 Å². The molecule has 0 aliphatic carbocycles. The summed E-state index contributed by atoms with van der Waals surface area (Å²) in [4.78, 5) is 37.8. The van der Waals surface area contributed by atoms with Gasteiger partial charge in [0.25, 0.3) is 17.4 Å². The highest BCUT2D eigenvalue weighted by Gasteiger charge is 2.19. The minimum absolute atomic E-state index is 0.101. The summed E-state index contributed by atoms with van der Waals surface area (Å²) in [7, 11) is 0. The van der Waals surface area contributed by atoms with Crippen LogP contribution in [0, 0.1) is 11.6 Å². The number of nitrogens with one attached hydrogen (secondary N) is 2. The fraction of sp³-hybridized carbons (Fsp3) is 0.0435. The predicted molar refractivity (Wildman–Crippen MR) is 113 cm³/mol. The van der Waals surface area contributed by atoms with Gasteiger partial charge in [-0.25, -0.2) is 13.5 Å². The molecule has 0 saturated carbocycles. The zero-order chi connectivity index (χ0) is 22.7. The van der Waals surface area contributed by atoms with Gasteiger partial charge in [-0.05, 0) is 23.8 Å². The number of hydrogen-bond acceptors (Lipinski definition) is 4. The number of hydrogen-bond donors (Lipinski definition) is 2. The highest BCUT2D eigenvalue weighted by atomic mass is 19.1. The van der Waals surface area contributed by atoms with Gasteiger partial charge in [-0.15, -0.1) is 0 Å². The molecule has 0 aliphatic rings. The Morgan fingerprint density at radius 2 is 1.50 bits per heavy atom. The van der Waals surface area contributed by atoms with Crippen LogP contribution in [0.15, 0.2) is 77.6 Å². The van der Waals surface area contributed by atoms with Gasteiger partial charge in [0.1, 0.15) is 11.6 Å². The van der Waals surface area contributed by atoms with E-state index in [0.29, 0.717) is 11.5 Å². The molecule has 0 radical (unpaired) electrons. The van der Waals surface area contributed by atoms with Gasteiger partial charge < -0.3 is 0 Å². The fourth-order valence-corrected chi connectivity index (χ4v) is 3.18. The Labute approximate surface area is 180 Å². The van der Waals surface area contributed by atoms with Gasteiger partial charge in [0, 0.05) is 11.5 Å². The molecule has 7 nitrogen and oxygen atoms in total. The Morgan fingerprint density at radius 1 is 0.844 bits per heavy atom. The van der Waals surface area contributed by atoms with E-state index in [-0.39, 0.29) is 23.2 Å². The molecule has 2 amide bonds. The summed E-state index contributed by atoms with van der Waals surface area (Å²) in [5.74, 6) is -3.69. The third kappa shape index (κ3) is 4.22. The number of aromatic nitrogens is 2. The first kappa shape index (κ1) is 20.9. The molecule has 0 aliphatic heterocycles. The topological polar surface area (TPSA) is 93.1 Å². The molecular formula is C23H16F2N4O3.